The van der Waals surface area contributed by atoms with E-state index in [1.165, 1.54) is 29.5 Å². The molecule has 0 bridgehead atoms. The van der Waals surface area contributed by atoms with Gasteiger partial charge in [0.05, 0.1) is 12.7 Å². The first-order valence-electron chi connectivity index (χ1n) is 8.57. The number of nitrogens with zero attached hydrogens (tertiary/aromatic N) is 1. The number of rotatable bonds is 6. The van der Waals surface area contributed by atoms with Crippen LogP contribution in [0.1, 0.15) is 43.4 Å². The summed E-state index contributed by atoms with van der Waals surface area (Å²) in [5.74, 6) is 0.892. The zero-order chi connectivity index (χ0) is 16.4. The Balaban J connectivity index is 1.67. The molecule has 0 radical (unpaired) electrons. The number of aromatic amines is 1. The summed E-state index contributed by atoms with van der Waals surface area (Å²) in [6.45, 7) is 3.96. The lowest BCUT2D eigenvalue weighted by Crippen LogP contribution is -2.31. The van der Waals surface area contributed by atoms with Crippen molar-refractivity contribution in [2.24, 2.45) is 0 Å². The second-order valence-corrected chi connectivity index (χ2v) is 7.06. The topological polar surface area (TPSA) is 48.5 Å². The molecule has 3 rings (SSSR count). The molecule has 0 atom stereocenters. The number of hydrogen-bond donors (Lipinski definition) is 2. The fourth-order valence-corrected chi connectivity index (χ4v) is 3.68. The van der Waals surface area contributed by atoms with Gasteiger partial charge in [-0.2, -0.15) is 0 Å². The van der Waals surface area contributed by atoms with Crippen molar-refractivity contribution in [1.82, 2.24) is 9.88 Å². The summed E-state index contributed by atoms with van der Waals surface area (Å²) in [6.07, 6.45) is 5.14. The number of H-pyrrole nitrogens is 1. The second-order valence-electron chi connectivity index (χ2n) is 7.06. The highest BCUT2D eigenvalue weighted by atomic mass is 16.5. The van der Waals surface area contributed by atoms with Crippen LogP contribution in [-0.2, 0) is 6.54 Å². The Morgan fingerprint density at radius 1 is 1.30 bits per heavy atom. The van der Waals surface area contributed by atoms with Crippen molar-refractivity contribution in [3.05, 3.63) is 29.5 Å². The standard InChI is InChI=1S/C19H28N2O2/c1-14-16-12-15(23-3)6-7-17(16)20-18(14)13-21(2)11-10-19(22)8-4-5-9-19/h6-7,12,20,22H,4-5,8-11,13H2,1-3H3. The van der Waals surface area contributed by atoms with E-state index in [2.05, 4.69) is 36.0 Å². The molecule has 0 saturated heterocycles. The molecule has 1 aliphatic carbocycles. The highest BCUT2D eigenvalue weighted by Crippen LogP contribution is 2.32. The lowest BCUT2D eigenvalue weighted by Gasteiger charge is -2.25. The van der Waals surface area contributed by atoms with Crippen molar-refractivity contribution in [2.75, 3.05) is 20.7 Å². The summed E-state index contributed by atoms with van der Waals surface area (Å²) in [5.41, 5.74) is 3.26. The van der Waals surface area contributed by atoms with Gasteiger partial charge in [0.25, 0.3) is 0 Å². The van der Waals surface area contributed by atoms with E-state index in [0.29, 0.717) is 0 Å². The molecule has 4 nitrogen and oxygen atoms in total. The average Bonchev–Trinajstić information content (AvgIpc) is 3.11. The molecule has 2 N–H and O–H groups in total. The molecule has 126 valence electrons. The Morgan fingerprint density at radius 2 is 2.04 bits per heavy atom. The first-order chi connectivity index (χ1) is 11.0. The van der Waals surface area contributed by atoms with Crippen molar-refractivity contribution >= 4 is 10.9 Å². The molecule has 2 aromatic rings. The maximum Gasteiger partial charge on any atom is 0.119 e. The highest BCUT2D eigenvalue weighted by molar-refractivity contribution is 5.85. The fraction of sp³-hybridized carbons (Fsp3) is 0.579. The largest absolute Gasteiger partial charge is 0.497 e. The summed E-state index contributed by atoms with van der Waals surface area (Å²) >= 11 is 0. The molecular formula is C19H28N2O2. The lowest BCUT2D eigenvalue weighted by molar-refractivity contribution is 0.0296. The van der Waals surface area contributed by atoms with Crippen LogP contribution in [0.25, 0.3) is 10.9 Å². The Morgan fingerprint density at radius 3 is 2.74 bits per heavy atom. The number of fused-ring (bicyclic) bond motifs is 1. The summed E-state index contributed by atoms with van der Waals surface area (Å²) < 4.78 is 5.32. The van der Waals surface area contributed by atoms with E-state index in [1.807, 2.05) is 6.07 Å². The van der Waals surface area contributed by atoms with Gasteiger partial charge in [-0.25, -0.2) is 0 Å². The molecule has 1 saturated carbocycles. The van der Waals surface area contributed by atoms with Crippen molar-refractivity contribution in [1.29, 1.82) is 0 Å². The summed E-state index contributed by atoms with van der Waals surface area (Å²) in [5, 5.41) is 11.7. The van der Waals surface area contributed by atoms with E-state index in [1.54, 1.807) is 7.11 Å². The predicted octanol–water partition coefficient (Wildman–Crippen LogP) is 3.61. The number of nitrogens with one attached hydrogen (secondary N) is 1. The maximum absolute atomic E-state index is 10.5. The summed E-state index contributed by atoms with van der Waals surface area (Å²) in [7, 11) is 3.83. The van der Waals surface area contributed by atoms with E-state index >= 15 is 0 Å². The Labute approximate surface area is 138 Å². The molecule has 1 aromatic carbocycles. The van der Waals surface area contributed by atoms with E-state index in [0.717, 1.165) is 43.6 Å². The van der Waals surface area contributed by atoms with Gasteiger partial charge in [-0.1, -0.05) is 12.8 Å². The van der Waals surface area contributed by atoms with Gasteiger partial charge in [0.1, 0.15) is 5.75 Å². The van der Waals surface area contributed by atoms with E-state index < -0.39 is 5.60 Å². The van der Waals surface area contributed by atoms with Crippen LogP contribution in [0.4, 0.5) is 0 Å². The average molecular weight is 316 g/mol. The summed E-state index contributed by atoms with van der Waals surface area (Å²) in [6, 6.07) is 6.15. The third-order valence-corrected chi connectivity index (χ3v) is 5.29. The number of aliphatic hydroxyl groups is 1. The minimum Gasteiger partial charge on any atom is -0.497 e. The molecule has 4 heteroatoms. The van der Waals surface area contributed by atoms with Crippen molar-refractivity contribution < 1.29 is 9.84 Å². The van der Waals surface area contributed by atoms with Crippen LogP contribution in [0, 0.1) is 6.92 Å². The molecule has 0 unspecified atom stereocenters. The van der Waals surface area contributed by atoms with E-state index in [4.69, 9.17) is 4.74 Å². The van der Waals surface area contributed by atoms with Gasteiger partial charge in [-0.15, -0.1) is 0 Å². The van der Waals surface area contributed by atoms with Crippen molar-refractivity contribution in [3.63, 3.8) is 0 Å². The smallest absolute Gasteiger partial charge is 0.119 e. The van der Waals surface area contributed by atoms with Crippen molar-refractivity contribution in [2.45, 2.75) is 51.2 Å². The van der Waals surface area contributed by atoms with Crippen LogP contribution < -0.4 is 4.74 Å². The molecular weight excluding hydrogens is 288 g/mol. The van der Waals surface area contributed by atoms with Crippen LogP contribution in [0.2, 0.25) is 0 Å². The SMILES string of the molecule is COc1ccc2[nH]c(CN(C)CCC3(O)CCCC3)c(C)c2c1. The van der Waals surface area contributed by atoms with Gasteiger partial charge < -0.3 is 19.7 Å². The van der Waals surface area contributed by atoms with Gasteiger partial charge in [0.15, 0.2) is 0 Å². The Hall–Kier alpha value is -1.52. The van der Waals surface area contributed by atoms with Gasteiger partial charge in [0, 0.05) is 29.7 Å². The maximum atomic E-state index is 10.5. The number of ether oxygens (including phenoxy) is 1. The summed E-state index contributed by atoms with van der Waals surface area (Å²) in [4.78, 5) is 5.82. The second kappa shape index (κ2) is 6.54. The monoisotopic (exact) mass is 316 g/mol. The number of aryl methyl sites for hydroxylation is 1. The van der Waals surface area contributed by atoms with E-state index in [9.17, 15) is 5.11 Å². The number of aromatic nitrogens is 1. The minimum absolute atomic E-state index is 0.420. The number of benzene rings is 1. The first-order valence-corrected chi connectivity index (χ1v) is 8.57. The van der Waals surface area contributed by atoms with Gasteiger partial charge >= 0.3 is 0 Å². The Bertz CT molecular complexity index is 671. The molecule has 1 fully saturated rings. The van der Waals surface area contributed by atoms with Crippen LogP contribution in [0.15, 0.2) is 18.2 Å². The molecule has 0 amide bonds. The normalized spacial score (nSPS) is 17.3. The quantitative estimate of drug-likeness (QED) is 0.856. The highest BCUT2D eigenvalue weighted by Gasteiger charge is 2.30. The molecule has 1 heterocycles. The van der Waals surface area contributed by atoms with Crippen LogP contribution >= 0.6 is 0 Å². The minimum atomic E-state index is -0.420. The third kappa shape index (κ3) is 3.54. The Kier molecular flexibility index (Phi) is 4.64. The number of methoxy groups -OCH3 is 1. The van der Waals surface area contributed by atoms with Crippen LogP contribution in [0.5, 0.6) is 5.75 Å². The lowest BCUT2D eigenvalue weighted by atomic mass is 9.98. The zero-order valence-corrected chi connectivity index (χ0v) is 14.5. The van der Waals surface area contributed by atoms with Crippen molar-refractivity contribution in [3.8, 4) is 5.75 Å². The molecule has 0 aliphatic heterocycles. The third-order valence-electron chi connectivity index (χ3n) is 5.29. The molecule has 1 aliphatic rings. The molecule has 23 heavy (non-hydrogen) atoms. The van der Waals surface area contributed by atoms with Crippen LogP contribution in [0.3, 0.4) is 0 Å². The number of hydrogen-bond acceptors (Lipinski definition) is 3. The van der Waals surface area contributed by atoms with E-state index in [-0.39, 0.29) is 0 Å². The molecule has 1 aromatic heterocycles. The molecule has 0 spiro atoms. The van der Waals surface area contributed by atoms with Gasteiger partial charge in [-0.05, 0) is 57.0 Å². The predicted molar refractivity (Wildman–Crippen MR) is 94.0 cm³/mol. The van der Waals surface area contributed by atoms with Gasteiger partial charge in [0.2, 0.25) is 0 Å². The van der Waals surface area contributed by atoms with Crippen LogP contribution in [-0.4, -0.2) is 41.3 Å². The first kappa shape index (κ1) is 16.3. The zero-order valence-electron chi connectivity index (χ0n) is 14.5. The fourth-order valence-electron chi connectivity index (χ4n) is 3.68. The van der Waals surface area contributed by atoms with Gasteiger partial charge in [-0.3, -0.25) is 0 Å².